The molecule has 0 heterocycles. The van der Waals surface area contributed by atoms with Gasteiger partial charge in [-0.3, -0.25) is 0 Å². The van der Waals surface area contributed by atoms with Crippen LogP contribution in [-0.4, -0.2) is 0 Å². The first kappa shape index (κ1) is 13.6. The lowest BCUT2D eigenvalue weighted by atomic mass is 10.0. The molecule has 0 aliphatic heterocycles. The zero-order chi connectivity index (χ0) is 13.0. The van der Waals surface area contributed by atoms with Gasteiger partial charge in [0.1, 0.15) is 0 Å². The SMILES string of the molecule is CCc1ccc(C(Br)Cc2ccc(Cl)cc2)cc1. The molecule has 0 saturated carbocycles. The third kappa shape index (κ3) is 3.60. The third-order valence-corrected chi connectivity index (χ3v) is 4.18. The van der Waals surface area contributed by atoms with E-state index in [1.54, 1.807) is 0 Å². The van der Waals surface area contributed by atoms with Crippen molar-refractivity contribution in [3.63, 3.8) is 0 Å². The highest BCUT2D eigenvalue weighted by atomic mass is 79.9. The molecule has 1 atom stereocenters. The molecule has 2 heteroatoms. The molecule has 18 heavy (non-hydrogen) atoms. The molecular weight excluding hydrogens is 308 g/mol. The van der Waals surface area contributed by atoms with Crippen LogP contribution in [0.2, 0.25) is 5.02 Å². The van der Waals surface area contributed by atoms with Gasteiger partial charge in [0.25, 0.3) is 0 Å². The summed E-state index contributed by atoms with van der Waals surface area (Å²) < 4.78 is 0. The Labute approximate surface area is 122 Å². The number of rotatable bonds is 4. The minimum atomic E-state index is 0.351. The van der Waals surface area contributed by atoms with Gasteiger partial charge in [-0.15, -0.1) is 0 Å². The number of hydrogen-bond donors (Lipinski definition) is 0. The van der Waals surface area contributed by atoms with E-state index in [-0.39, 0.29) is 0 Å². The fourth-order valence-electron chi connectivity index (χ4n) is 1.91. The van der Waals surface area contributed by atoms with E-state index in [0.29, 0.717) is 4.83 Å². The van der Waals surface area contributed by atoms with Gasteiger partial charge in [0.15, 0.2) is 0 Å². The Morgan fingerprint density at radius 2 is 1.50 bits per heavy atom. The van der Waals surface area contributed by atoms with Crippen molar-refractivity contribution < 1.29 is 0 Å². The van der Waals surface area contributed by atoms with Gasteiger partial charge in [-0.1, -0.05) is 70.9 Å². The van der Waals surface area contributed by atoms with Gasteiger partial charge in [0.2, 0.25) is 0 Å². The Bertz CT molecular complexity index is 488. The van der Waals surface area contributed by atoms with Crippen molar-refractivity contribution in [2.75, 3.05) is 0 Å². The molecule has 2 rings (SSSR count). The van der Waals surface area contributed by atoms with Crippen LogP contribution in [0.3, 0.4) is 0 Å². The number of hydrogen-bond acceptors (Lipinski definition) is 0. The molecule has 0 aliphatic rings. The number of alkyl halides is 1. The van der Waals surface area contributed by atoms with Crippen molar-refractivity contribution in [1.82, 2.24) is 0 Å². The summed E-state index contributed by atoms with van der Waals surface area (Å²) in [5.41, 5.74) is 3.99. The van der Waals surface area contributed by atoms with E-state index in [1.165, 1.54) is 16.7 Å². The Balaban J connectivity index is 2.06. The third-order valence-electron chi connectivity index (χ3n) is 3.08. The second-order valence-corrected chi connectivity index (χ2v) is 5.94. The quantitative estimate of drug-likeness (QED) is 0.644. The summed E-state index contributed by atoms with van der Waals surface area (Å²) in [5, 5.41) is 0.789. The summed E-state index contributed by atoms with van der Waals surface area (Å²) in [7, 11) is 0. The maximum absolute atomic E-state index is 5.89. The zero-order valence-corrected chi connectivity index (χ0v) is 12.7. The lowest BCUT2D eigenvalue weighted by Gasteiger charge is -2.11. The lowest BCUT2D eigenvalue weighted by Crippen LogP contribution is -1.95. The van der Waals surface area contributed by atoms with Crippen LogP contribution in [0.15, 0.2) is 48.5 Å². The first-order valence-corrected chi connectivity index (χ1v) is 7.45. The van der Waals surface area contributed by atoms with Crippen LogP contribution >= 0.6 is 27.5 Å². The van der Waals surface area contributed by atoms with Crippen LogP contribution < -0.4 is 0 Å². The molecule has 2 aromatic carbocycles. The maximum atomic E-state index is 5.89. The van der Waals surface area contributed by atoms with Crippen LogP contribution in [-0.2, 0) is 12.8 Å². The Morgan fingerprint density at radius 3 is 2.06 bits per heavy atom. The van der Waals surface area contributed by atoms with Crippen molar-refractivity contribution in [2.45, 2.75) is 24.6 Å². The van der Waals surface area contributed by atoms with E-state index < -0.39 is 0 Å². The highest BCUT2D eigenvalue weighted by molar-refractivity contribution is 9.09. The van der Waals surface area contributed by atoms with Gasteiger partial charge in [0, 0.05) is 9.85 Å². The van der Waals surface area contributed by atoms with Crippen molar-refractivity contribution in [1.29, 1.82) is 0 Å². The molecule has 0 fully saturated rings. The molecule has 0 saturated heterocycles. The molecular formula is C16H16BrCl. The monoisotopic (exact) mass is 322 g/mol. The molecule has 2 aromatic rings. The normalized spacial score (nSPS) is 12.4. The zero-order valence-electron chi connectivity index (χ0n) is 10.4. The van der Waals surface area contributed by atoms with Gasteiger partial charge in [-0.25, -0.2) is 0 Å². The smallest absolute Gasteiger partial charge is 0.0435 e. The van der Waals surface area contributed by atoms with Gasteiger partial charge in [-0.2, -0.15) is 0 Å². The summed E-state index contributed by atoms with van der Waals surface area (Å²) in [4.78, 5) is 0.351. The minimum absolute atomic E-state index is 0.351. The van der Waals surface area contributed by atoms with E-state index in [4.69, 9.17) is 11.6 Å². The van der Waals surface area contributed by atoms with E-state index in [1.807, 2.05) is 12.1 Å². The average molecular weight is 324 g/mol. The van der Waals surface area contributed by atoms with Gasteiger partial charge < -0.3 is 0 Å². The largest absolute Gasteiger partial charge is 0.0843 e. The number of aryl methyl sites for hydroxylation is 1. The fourth-order valence-corrected chi connectivity index (χ4v) is 2.71. The van der Waals surface area contributed by atoms with Crippen molar-refractivity contribution in [3.05, 3.63) is 70.2 Å². The predicted octanol–water partition coefficient (Wildman–Crippen LogP) is 5.58. The highest BCUT2D eigenvalue weighted by Crippen LogP contribution is 2.27. The molecule has 0 radical (unpaired) electrons. The van der Waals surface area contributed by atoms with Crippen LogP contribution in [0.5, 0.6) is 0 Å². The minimum Gasteiger partial charge on any atom is -0.0843 e. The van der Waals surface area contributed by atoms with E-state index in [0.717, 1.165) is 17.9 Å². The van der Waals surface area contributed by atoms with E-state index in [9.17, 15) is 0 Å². The van der Waals surface area contributed by atoms with Crippen molar-refractivity contribution in [2.24, 2.45) is 0 Å². The molecule has 0 aromatic heterocycles. The molecule has 0 N–H and O–H groups in total. The standard InChI is InChI=1S/C16H16BrCl/c1-2-12-3-7-14(8-4-12)16(17)11-13-5-9-15(18)10-6-13/h3-10,16H,2,11H2,1H3. The van der Waals surface area contributed by atoms with Crippen LogP contribution in [0.25, 0.3) is 0 Å². The van der Waals surface area contributed by atoms with E-state index in [2.05, 4.69) is 59.3 Å². The Hall–Kier alpha value is -0.790. The van der Waals surface area contributed by atoms with Crippen LogP contribution in [0.4, 0.5) is 0 Å². The first-order valence-electron chi connectivity index (χ1n) is 6.16. The average Bonchev–Trinajstić information content (AvgIpc) is 2.41. The second kappa shape index (κ2) is 6.40. The van der Waals surface area contributed by atoms with E-state index >= 15 is 0 Å². The Kier molecular flexibility index (Phi) is 4.85. The molecule has 0 spiro atoms. The number of benzene rings is 2. The van der Waals surface area contributed by atoms with Crippen molar-refractivity contribution in [3.8, 4) is 0 Å². The lowest BCUT2D eigenvalue weighted by molar-refractivity contribution is 0.946. The Morgan fingerprint density at radius 1 is 0.944 bits per heavy atom. The predicted molar refractivity (Wildman–Crippen MR) is 82.6 cm³/mol. The molecule has 0 aliphatic carbocycles. The van der Waals surface area contributed by atoms with Crippen LogP contribution in [0.1, 0.15) is 28.4 Å². The molecule has 0 nitrogen and oxygen atoms in total. The van der Waals surface area contributed by atoms with Gasteiger partial charge >= 0.3 is 0 Å². The topological polar surface area (TPSA) is 0 Å². The summed E-state index contributed by atoms with van der Waals surface area (Å²) in [6.07, 6.45) is 2.06. The summed E-state index contributed by atoms with van der Waals surface area (Å²) in [5.74, 6) is 0. The summed E-state index contributed by atoms with van der Waals surface area (Å²) in [6.45, 7) is 2.17. The molecule has 0 bridgehead atoms. The fraction of sp³-hybridized carbons (Fsp3) is 0.250. The number of halogens is 2. The maximum Gasteiger partial charge on any atom is 0.0435 e. The van der Waals surface area contributed by atoms with Gasteiger partial charge in [-0.05, 0) is 41.7 Å². The van der Waals surface area contributed by atoms with Crippen LogP contribution in [0, 0.1) is 0 Å². The molecule has 1 unspecified atom stereocenters. The molecule has 94 valence electrons. The second-order valence-electron chi connectivity index (χ2n) is 4.39. The summed E-state index contributed by atoms with van der Waals surface area (Å²) >= 11 is 9.64. The van der Waals surface area contributed by atoms with Crippen molar-refractivity contribution >= 4 is 27.5 Å². The molecule has 0 amide bonds. The first-order chi connectivity index (χ1) is 8.69. The summed E-state index contributed by atoms with van der Waals surface area (Å²) in [6, 6.07) is 16.8. The highest BCUT2D eigenvalue weighted by Gasteiger charge is 2.08. The van der Waals surface area contributed by atoms with Gasteiger partial charge in [0.05, 0.1) is 0 Å².